The molecule has 0 atom stereocenters. The lowest BCUT2D eigenvalue weighted by atomic mass is 9.98. The summed E-state index contributed by atoms with van der Waals surface area (Å²) in [6, 6.07) is 9.71. The van der Waals surface area contributed by atoms with Crippen molar-refractivity contribution in [1.29, 1.82) is 0 Å². The van der Waals surface area contributed by atoms with Crippen LogP contribution < -0.4 is 0 Å². The molecule has 0 radical (unpaired) electrons. The first-order valence-electron chi connectivity index (χ1n) is 8.68. The Balaban J connectivity index is 1.75. The standard InChI is InChI=1S/C19H28N2O4/c1-19(2,3)17(22)25-21-12-10-16(11-13-21)20(4)18(23)24-14-15-8-6-5-7-9-15/h5-9,16H,10-14H2,1-4H3. The highest BCUT2D eigenvalue weighted by Gasteiger charge is 2.30. The molecule has 0 bridgehead atoms. The number of nitrogens with zero attached hydrogens (tertiary/aromatic N) is 2. The highest BCUT2D eigenvalue weighted by atomic mass is 16.7. The van der Waals surface area contributed by atoms with Crippen LogP contribution in [0.4, 0.5) is 4.79 Å². The van der Waals surface area contributed by atoms with Crippen molar-refractivity contribution in [1.82, 2.24) is 9.96 Å². The van der Waals surface area contributed by atoms with Gasteiger partial charge in [-0.1, -0.05) is 30.3 Å². The Labute approximate surface area is 149 Å². The van der Waals surface area contributed by atoms with Crippen LogP contribution in [0.1, 0.15) is 39.2 Å². The molecule has 25 heavy (non-hydrogen) atoms. The Kier molecular flexibility index (Phi) is 6.42. The minimum absolute atomic E-state index is 0.0906. The van der Waals surface area contributed by atoms with Crippen LogP contribution in [0.2, 0.25) is 0 Å². The SMILES string of the molecule is CN(C(=O)OCc1ccccc1)C1CCN(OC(=O)C(C)(C)C)CC1. The lowest BCUT2D eigenvalue weighted by Gasteiger charge is -2.35. The van der Waals surface area contributed by atoms with Gasteiger partial charge in [0, 0.05) is 26.2 Å². The average molecular weight is 348 g/mol. The third kappa shape index (κ3) is 5.74. The molecule has 1 aliphatic heterocycles. The number of ether oxygens (including phenoxy) is 1. The van der Waals surface area contributed by atoms with Crippen molar-refractivity contribution in [3.8, 4) is 0 Å². The van der Waals surface area contributed by atoms with E-state index < -0.39 is 5.41 Å². The number of amides is 1. The van der Waals surface area contributed by atoms with E-state index >= 15 is 0 Å². The highest BCUT2D eigenvalue weighted by Crippen LogP contribution is 2.20. The van der Waals surface area contributed by atoms with Crippen LogP contribution in [0.3, 0.4) is 0 Å². The number of hydrogen-bond acceptors (Lipinski definition) is 5. The molecular weight excluding hydrogens is 320 g/mol. The number of hydroxylamine groups is 2. The van der Waals surface area contributed by atoms with Crippen molar-refractivity contribution in [2.75, 3.05) is 20.1 Å². The number of piperidine rings is 1. The summed E-state index contributed by atoms with van der Waals surface area (Å²) in [6.45, 7) is 6.99. The molecule has 6 nitrogen and oxygen atoms in total. The first-order valence-corrected chi connectivity index (χ1v) is 8.68. The number of hydrogen-bond donors (Lipinski definition) is 0. The molecule has 2 rings (SSSR count). The third-order valence-electron chi connectivity index (χ3n) is 4.29. The molecule has 6 heteroatoms. The number of rotatable bonds is 4. The predicted octanol–water partition coefficient (Wildman–Crippen LogP) is 3.22. The zero-order valence-corrected chi connectivity index (χ0v) is 15.5. The monoisotopic (exact) mass is 348 g/mol. The van der Waals surface area contributed by atoms with Crippen molar-refractivity contribution < 1.29 is 19.2 Å². The van der Waals surface area contributed by atoms with E-state index in [1.54, 1.807) is 17.0 Å². The van der Waals surface area contributed by atoms with Crippen molar-refractivity contribution in [2.45, 2.75) is 46.3 Å². The topological polar surface area (TPSA) is 59.1 Å². The van der Waals surface area contributed by atoms with Gasteiger partial charge in [0.2, 0.25) is 0 Å². The molecule has 1 aliphatic rings. The summed E-state index contributed by atoms with van der Waals surface area (Å²) in [6.07, 6.45) is 1.16. The van der Waals surface area contributed by atoms with Gasteiger partial charge in [-0.05, 0) is 39.2 Å². The quantitative estimate of drug-likeness (QED) is 0.836. The Hall–Kier alpha value is -2.08. The Morgan fingerprint density at radius 2 is 1.76 bits per heavy atom. The van der Waals surface area contributed by atoms with Gasteiger partial charge in [0.25, 0.3) is 0 Å². The van der Waals surface area contributed by atoms with E-state index in [2.05, 4.69) is 0 Å². The molecule has 1 aromatic carbocycles. The Bertz CT molecular complexity index is 575. The van der Waals surface area contributed by atoms with Gasteiger partial charge in [0.05, 0.1) is 5.41 Å². The van der Waals surface area contributed by atoms with E-state index in [0.717, 1.165) is 18.4 Å². The number of benzene rings is 1. The molecular formula is C19H28N2O4. The van der Waals surface area contributed by atoms with Crippen LogP contribution in [-0.2, 0) is 21.0 Å². The third-order valence-corrected chi connectivity index (χ3v) is 4.29. The van der Waals surface area contributed by atoms with E-state index in [9.17, 15) is 9.59 Å². The van der Waals surface area contributed by atoms with Crippen LogP contribution in [0.15, 0.2) is 30.3 Å². The summed E-state index contributed by atoms with van der Waals surface area (Å²) in [5.41, 5.74) is 0.447. The molecule has 0 saturated carbocycles. The summed E-state index contributed by atoms with van der Waals surface area (Å²) >= 11 is 0. The van der Waals surface area contributed by atoms with Crippen molar-refractivity contribution in [3.63, 3.8) is 0 Å². The molecule has 138 valence electrons. The van der Waals surface area contributed by atoms with Crippen LogP contribution in [-0.4, -0.2) is 48.2 Å². The summed E-state index contributed by atoms with van der Waals surface area (Å²) in [5.74, 6) is -0.235. The molecule has 1 amide bonds. The number of carbonyl (C=O) groups is 2. The van der Waals surface area contributed by atoms with Gasteiger partial charge < -0.3 is 14.5 Å². The second-order valence-corrected chi connectivity index (χ2v) is 7.44. The summed E-state index contributed by atoms with van der Waals surface area (Å²) in [4.78, 5) is 31.2. The zero-order valence-electron chi connectivity index (χ0n) is 15.5. The molecule has 1 heterocycles. The van der Waals surface area contributed by atoms with E-state index in [0.29, 0.717) is 13.1 Å². The van der Waals surface area contributed by atoms with Gasteiger partial charge in [-0.3, -0.25) is 0 Å². The van der Waals surface area contributed by atoms with Crippen LogP contribution in [0, 0.1) is 5.41 Å². The van der Waals surface area contributed by atoms with Gasteiger partial charge >= 0.3 is 12.1 Å². The minimum Gasteiger partial charge on any atom is -0.445 e. The molecule has 0 N–H and O–H groups in total. The van der Waals surface area contributed by atoms with E-state index in [1.165, 1.54) is 0 Å². The zero-order chi connectivity index (χ0) is 18.4. The lowest BCUT2D eigenvalue weighted by molar-refractivity contribution is -0.206. The smallest absolute Gasteiger partial charge is 0.410 e. The molecule has 0 unspecified atom stereocenters. The van der Waals surface area contributed by atoms with Gasteiger partial charge in [-0.2, -0.15) is 0 Å². The normalized spacial score (nSPS) is 16.3. The highest BCUT2D eigenvalue weighted by molar-refractivity contribution is 5.75. The lowest BCUT2D eigenvalue weighted by Crippen LogP contribution is -2.47. The van der Waals surface area contributed by atoms with Gasteiger partial charge in [0.15, 0.2) is 0 Å². The number of carbonyl (C=O) groups excluding carboxylic acids is 2. The summed E-state index contributed by atoms with van der Waals surface area (Å²) < 4.78 is 5.37. The molecule has 0 aromatic heterocycles. The maximum Gasteiger partial charge on any atom is 0.410 e. The van der Waals surface area contributed by atoms with Gasteiger partial charge in [0.1, 0.15) is 6.61 Å². The summed E-state index contributed by atoms with van der Waals surface area (Å²) in [5, 5.41) is 1.69. The van der Waals surface area contributed by atoms with Crippen LogP contribution in [0.25, 0.3) is 0 Å². The van der Waals surface area contributed by atoms with E-state index in [1.807, 2.05) is 51.1 Å². The molecule has 1 aromatic rings. The summed E-state index contributed by atoms with van der Waals surface area (Å²) in [7, 11) is 1.76. The van der Waals surface area contributed by atoms with E-state index in [-0.39, 0.29) is 24.7 Å². The first kappa shape index (κ1) is 19.2. The molecule has 1 fully saturated rings. The molecule has 0 spiro atoms. The predicted molar refractivity (Wildman–Crippen MR) is 94.5 cm³/mol. The van der Waals surface area contributed by atoms with Crippen molar-refractivity contribution in [2.24, 2.45) is 5.41 Å². The molecule has 1 saturated heterocycles. The van der Waals surface area contributed by atoms with Gasteiger partial charge in [-0.15, -0.1) is 5.06 Å². The van der Waals surface area contributed by atoms with Crippen molar-refractivity contribution in [3.05, 3.63) is 35.9 Å². The minimum atomic E-state index is -0.519. The van der Waals surface area contributed by atoms with Crippen molar-refractivity contribution >= 4 is 12.1 Å². The largest absolute Gasteiger partial charge is 0.445 e. The fourth-order valence-corrected chi connectivity index (χ4v) is 2.55. The maximum atomic E-state index is 12.2. The maximum absolute atomic E-state index is 12.2. The second kappa shape index (κ2) is 8.34. The van der Waals surface area contributed by atoms with Gasteiger partial charge in [-0.25, -0.2) is 9.59 Å². The van der Waals surface area contributed by atoms with E-state index in [4.69, 9.17) is 9.57 Å². The fraction of sp³-hybridized carbons (Fsp3) is 0.579. The Morgan fingerprint density at radius 1 is 1.16 bits per heavy atom. The van der Waals surface area contributed by atoms with Crippen LogP contribution in [0.5, 0.6) is 0 Å². The first-order chi connectivity index (χ1) is 11.8. The van der Waals surface area contributed by atoms with Crippen LogP contribution >= 0.6 is 0 Å². The second-order valence-electron chi connectivity index (χ2n) is 7.44. The fourth-order valence-electron chi connectivity index (χ4n) is 2.55. The Morgan fingerprint density at radius 3 is 2.32 bits per heavy atom. The molecule has 0 aliphatic carbocycles. The average Bonchev–Trinajstić information content (AvgIpc) is 2.59.